The lowest BCUT2D eigenvalue weighted by Gasteiger charge is -2.21. The summed E-state index contributed by atoms with van der Waals surface area (Å²) in [5.74, 6) is 1.60. The highest BCUT2D eigenvalue weighted by atomic mass is 35.5. The summed E-state index contributed by atoms with van der Waals surface area (Å²) in [7, 11) is 1.97. The summed E-state index contributed by atoms with van der Waals surface area (Å²) in [4.78, 5) is 17.7. The lowest BCUT2D eigenvalue weighted by Crippen LogP contribution is -2.27. The first-order chi connectivity index (χ1) is 12.1. The predicted molar refractivity (Wildman–Crippen MR) is 99.1 cm³/mol. The fraction of sp³-hybridized carbons (Fsp3) is 0.353. The van der Waals surface area contributed by atoms with Gasteiger partial charge in [-0.1, -0.05) is 11.6 Å². The lowest BCUT2D eigenvalue weighted by atomic mass is 10.3. The van der Waals surface area contributed by atoms with Crippen molar-refractivity contribution in [2.24, 2.45) is 5.73 Å². The highest BCUT2D eigenvalue weighted by molar-refractivity contribution is 6.30. The molecule has 3 aromatic rings. The average molecular weight is 358 g/mol. The zero-order chi connectivity index (χ0) is 17.4. The first kappa shape index (κ1) is 16.1. The molecule has 8 heteroatoms. The van der Waals surface area contributed by atoms with Crippen LogP contribution in [-0.2, 0) is 6.54 Å². The Morgan fingerprint density at radius 3 is 3.00 bits per heavy atom. The Bertz CT molecular complexity index is 894. The summed E-state index contributed by atoms with van der Waals surface area (Å²) in [6.07, 6.45) is 6.52. The minimum Gasteiger partial charge on any atom is -0.355 e. The molecule has 7 nitrogen and oxygen atoms in total. The second-order valence-electron chi connectivity index (χ2n) is 6.39. The standard InChI is InChI=1S/C17H20ClN7/c1-23(11-14-8-21-15-3-2-12(18)9-25(14)15)17-20-6-4-16(22-17)24-7-5-13(19)10-24/h2-4,6,8-9,13H,5,7,10-11,19H2,1H3. The van der Waals surface area contributed by atoms with Gasteiger partial charge in [0, 0.05) is 38.6 Å². The van der Waals surface area contributed by atoms with Crippen LogP contribution in [0.3, 0.4) is 0 Å². The minimum absolute atomic E-state index is 0.221. The van der Waals surface area contributed by atoms with Crippen LogP contribution in [-0.4, -0.2) is 45.5 Å². The van der Waals surface area contributed by atoms with E-state index >= 15 is 0 Å². The van der Waals surface area contributed by atoms with E-state index in [9.17, 15) is 0 Å². The number of hydrogen-bond acceptors (Lipinski definition) is 6. The molecule has 1 aliphatic heterocycles. The minimum atomic E-state index is 0.221. The van der Waals surface area contributed by atoms with Gasteiger partial charge in [-0.3, -0.25) is 0 Å². The van der Waals surface area contributed by atoms with Crippen molar-refractivity contribution in [1.82, 2.24) is 19.4 Å². The molecular formula is C17H20ClN7. The van der Waals surface area contributed by atoms with E-state index in [0.717, 1.165) is 36.7 Å². The zero-order valence-corrected chi connectivity index (χ0v) is 14.8. The molecule has 25 heavy (non-hydrogen) atoms. The number of anilines is 2. The third-order valence-electron chi connectivity index (χ3n) is 4.46. The van der Waals surface area contributed by atoms with E-state index in [-0.39, 0.29) is 6.04 Å². The normalized spacial score (nSPS) is 17.4. The summed E-state index contributed by atoms with van der Waals surface area (Å²) in [6, 6.07) is 5.90. The van der Waals surface area contributed by atoms with Crippen LogP contribution < -0.4 is 15.5 Å². The van der Waals surface area contributed by atoms with Crippen LogP contribution in [0.1, 0.15) is 12.1 Å². The molecule has 1 saturated heterocycles. The molecular weight excluding hydrogens is 338 g/mol. The predicted octanol–water partition coefficient (Wildman–Crippen LogP) is 1.95. The van der Waals surface area contributed by atoms with Crippen molar-refractivity contribution in [1.29, 1.82) is 0 Å². The number of rotatable bonds is 4. The van der Waals surface area contributed by atoms with Crippen molar-refractivity contribution in [3.05, 3.63) is 47.5 Å². The quantitative estimate of drug-likeness (QED) is 0.769. The molecule has 1 atom stereocenters. The second kappa shape index (κ2) is 6.50. The third kappa shape index (κ3) is 3.25. The molecule has 130 valence electrons. The molecule has 4 heterocycles. The summed E-state index contributed by atoms with van der Waals surface area (Å²) in [5, 5.41) is 0.679. The lowest BCUT2D eigenvalue weighted by molar-refractivity contribution is 0.751. The topological polar surface area (TPSA) is 75.6 Å². The van der Waals surface area contributed by atoms with Gasteiger partial charge in [0.05, 0.1) is 23.5 Å². The maximum absolute atomic E-state index is 6.10. The number of hydrogen-bond donors (Lipinski definition) is 1. The molecule has 2 N–H and O–H groups in total. The van der Waals surface area contributed by atoms with Gasteiger partial charge >= 0.3 is 0 Å². The Morgan fingerprint density at radius 1 is 1.32 bits per heavy atom. The molecule has 0 saturated carbocycles. The van der Waals surface area contributed by atoms with Gasteiger partial charge in [0.2, 0.25) is 5.95 Å². The smallest absolute Gasteiger partial charge is 0.227 e. The highest BCUT2D eigenvalue weighted by Crippen LogP contribution is 2.20. The first-order valence-corrected chi connectivity index (χ1v) is 8.64. The van der Waals surface area contributed by atoms with E-state index in [0.29, 0.717) is 17.5 Å². The maximum Gasteiger partial charge on any atom is 0.227 e. The van der Waals surface area contributed by atoms with Crippen LogP contribution in [0, 0.1) is 0 Å². The Morgan fingerprint density at radius 2 is 2.20 bits per heavy atom. The highest BCUT2D eigenvalue weighted by Gasteiger charge is 2.21. The number of imidazole rings is 1. The van der Waals surface area contributed by atoms with Crippen molar-refractivity contribution in [3.63, 3.8) is 0 Å². The molecule has 0 spiro atoms. The molecule has 0 aromatic carbocycles. The number of aromatic nitrogens is 4. The van der Waals surface area contributed by atoms with Crippen molar-refractivity contribution < 1.29 is 0 Å². The SMILES string of the molecule is CN(Cc1cnc2ccc(Cl)cn12)c1nccc(N2CCC(N)C2)n1. The number of fused-ring (bicyclic) bond motifs is 1. The van der Waals surface area contributed by atoms with Gasteiger partial charge in [-0.05, 0) is 24.6 Å². The molecule has 1 unspecified atom stereocenters. The van der Waals surface area contributed by atoms with Crippen LogP contribution in [0.25, 0.3) is 5.65 Å². The van der Waals surface area contributed by atoms with Gasteiger partial charge in [-0.25, -0.2) is 9.97 Å². The largest absolute Gasteiger partial charge is 0.355 e. The summed E-state index contributed by atoms with van der Waals surface area (Å²) >= 11 is 6.10. The second-order valence-corrected chi connectivity index (χ2v) is 6.83. The molecule has 3 aromatic heterocycles. The van der Waals surface area contributed by atoms with Crippen LogP contribution in [0.2, 0.25) is 5.02 Å². The molecule has 0 radical (unpaired) electrons. The zero-order valence-electron chi connectivity index (χ0n) is 14.0. The monoisotopic (exact) mass is 357 g/mol. The van der Waals surface area contributed by atoms with Crippen molar-refractivity contribution in [3.8, 4) is 0 Å². The third-order valence-corrected chi connectivity index (χ3v) is 4.69. The van der Waals surface area contributed by atoms with Gasteiger partial charge in [-0.2, -0.15) is 4.98 Å². The molecule has 1 aliphatic rings. The fourth-order valence-electron chi connectivity index (χ4n) is 3.13. The van der Waals surface area contributed by atoms with Gasteiger partial charge in [0.1, 0.15) is 11.5 Å². The molecule has 4 rings (SSSR count). The fourth-order valence-corrected chi connectivity index (χ4v) is 3.29. The van der Waals surface area contributed by atoms with Gasteiger partial charge in [-0.15, -0.1) is 0 Å². The van der Waals surface area contributed by atoms with E-state index in [2.05, 4.69) is 14.9 Å². The number of nitrogens with two attached hydrogens (primary N) is 1. The van der Waals surface area contributed by atoms with E-state index in [1.165, 1.54) is 0 Å². The average Bonchev–Trinajstić information content (AvgIpc) is 3.21. The van der Waals surface area contributed by atoms with Crippen LogP contribution >= 0.6 is 11.6 Å². The Hall–Kier alpha value is -2.38. The van der Waals surface area contributed by atoms with Gasteiger partial charge in [0.15, 0.2) is 0 Å². The molecule has 0 bridgehead atoms. The van der Waals surface area contributed by atoms with Crippen molar-refractivity contribution in [2.45, 2.75) is 19.0 Å². The Balaban J connectivity index is 1.56. The molecule has 0 amide bonds. The van der Waals surface area contributed by atoms with E-state index in [1.807, 2.05) is 46.9 Å². The van der Waals surface area contributed by atoms with Crippen LogP contribution in [0.4, 0.5) is 11.8 Å². The maximum atomic E-state index is 6.10. The Labute approximate surface area is 151 Å². The van der Waals surface area contributed by atoms with E-state index in [4.69, 9.17) is 22.3 Å². The Kier molecular flexibility index (Phi) is 4.19. The van der Waals surface area contributed by atoms with E-state index in [1.54, 1.807) is 6.20 Å². The van der Waals surface area contributed by atoms with E-state index < -0.39 is 0 Å². The van der Waals surface area contributed by atoms with Crippen molar-refractivity contribution in [2.75, 3.05) is 29.9 Å². The summed E-state index contributed by atoms with van der Waals surface area (Å²) in [6.45, 7) is 2.41. The van der Waals surface area contributed by atoms with Crippen LogP contribution in [0.15, 0.2) is 36.8 Å². The molecule has 1 fully saturated rings. The number of nitrogens with zero attached hydrogens (tertiary/aromatic N) is 6. The van der Waals surface area contributed by atoms with Crippen molar-refractivity contribution >= 4 is 29.0 Å². The van der Waals surface area contributed by atoms with Crippen LogP contribution in [0.5, 0.6) is 0 Å². The summed E-state index contributed by atoms with van der Waals surface area (Å²) in [5.41, 5.74) is 7.89. The first-order valence-electron chi connectivity index (χ1n) is 8.26. The van der Waals surface area contributed by atoms with Gasteiger partial charge in [0.25, 0.3) is 0 Å². The summed E-state index contributed by atoms with van der Waals surface area (Å²) < 4.78 is 1.99. The number of pyridine rings is 1. The molecule has 0 aliphatic carbocycles. The number of halogens is 1. The van der Waals surface area contributed by atoms with Gasteiger partial charge < -0.3 is 19.9 Å².